The number of phenols is 2. The van der Waals surface area contributed by atoms with E-state index in [0.717, 1.165) is 0 Å². The van der Waals surface area contributed by atoms with E-state index in [0.29, 0.717) is 23.0 Å². The normalized spacial score (nSPS) is 11.3. The number of fused-ring (bicyclic) bond motifs is 2. The molecule has 2 aliphatic rings. The molecule has 11 heteroatoms. The van der Waals surface area contributed by atoms with Crippen molar-refractivity contribution < 1.29 is 38.1 Å². The monoisotopic (exact) mass is 540 g/mol. The zero-order chi connectivity index (χ0) is 22.0. The standard InChI is InChI=1S/C13H8O4.C6H6O2.4CH4.2K.O2Si/c1-2-6-10-9(5-1)14-13(15-10)16-11-7-3-4-8-12(11)17-13;7-5-3-1-2-4-6(5)8;;;;;;;1-3-2/h1-8H;1-4,7-8H;4*1H4;;;. The molecule has 0 aliphatic carbocycles. The molecule has 0 fully saturated rings. The molecule has 0 radical (unpaired) electrons. The maximum Gasteiger partial charge on any atom is 0.611 e. The number of rotatable bonds is 0. The molecule has 0 saturated heterocycles. The number of aromatic hydroxyl groups is 2. The number of phenolic OH excluding ortho intramolecular Hbond substituents is 2. The Hall–Kier alpha value is -0.450. The van der Waals surface area contributed by atoms with Gasteiger partial charge in [0.2, 0.25) is 0 Å². The van der Waals surface area contributed by atoms with Gasteiger partial charge in [0.15, 0.2) is 34.5 Å². The Labute approximate surface area is 249 Å². The van der Waals surface area contributed by atoms with E-state index in [1.165, 1.54) is 75.3 Å². The molecular weight excluding hydrogens is 511 g/mol. The van der Waals surface area contributed by atoms with Gasteiger partial charge in [0.25, 0.3) is 0 Å². The number of para-hydroxylation sites is 6. The van der Waals surface area contributed by atoms with E-state index in [9.17, 15) is 0 Å². The van der Waals surface area contributed by atoms with Crippen LogP contribution < -0.4 is 18.9 Å². The average molecular weight is 541 g/mol. The first-order valence-electron chi connectivity index (χ1n) is 8.97. The molecule has 1 spiro atoms. The fraction of sp³-hybridized carbons (Fsp3) is 0.217. The molecule has 34 heavy (non-hydrogen) atoms. The zero-order valence-electron chi connectivity index (χ0n) is 16.3. The van der Waals surface area contributed by atoms with Gasteiger partial charge in [-0.25, -0.2) is 0 Å². The number of hydrogen-bond donors (Lipinski definition) is 2. The molecule has 8 nitrogen and oxygen atoms in total. The van der Waals surface area contributed by atoms with Crippen LogP contribution in [0.2, 0.25) is 0 Å². The van der Waals surface area contributed by atoms with Gasteiger partial charge in [-0.15, -0.1) is 0 Å². The van der Waals surface area contributed by atoms with Gasteiger partial charge in [0.1, 0.15) is 0 Å². The molecule has 0 aromatic heterocycles. The van der Waals surface area contributed by atoms with E-state index in [1.54, 1.807) is 36.4 Å². The Morgan fingerprint density at radius 3 is 0.971 bits per heavy atom. The van der Waals surface area contributed by atoms with Gasteiger partial charge in [-0.05, 0) is 36.4 Å². The summed E-state index contributed by atoms with van der Waals surface area (Å²) in [6.45, 7) is 0. The van der Waals surface area contributed by atoms with E-state index in [2.05, 4.69) is 0 Å². The van der Waals surface area contributed by atoms with Crippen LogP contribution in [0.5, 0.6) is 34.5 Å². The minimum atomic E-state index is -1.49. The number of benzene rings is 3. The van der Waals surface area contributed by atoms with Gasteiger partial charge in [-0.3, -0.25) is 8.92 Å². The van der Waals surface area contributed by atoms with Crippen LogP contribution in [0.4, 0.5) is 0 Å². The van der Waals surface area contributed by atoms with Gasteiger partial charge in [0.05, 0.1) is 0 Å². The third kappa shape index (κ3) is 10.7. The fourth-order valence-electron chi connectivity index (χ4n) is 2.37. The summed E-state index contributed by atoms with van der Waals surface area (Å²) in [4.78, 5) is 0. The minimum absolute atomic E-state index is 0. The van der Waals surface area contributed by atoms with Crippen molar-refractivity contribution in [1.82, 2.24) is 0 Å². The smallest absolute Gasteiger partial charge is 0.382 e. The third-order valence-corrected chi connectivity index (χ3v) is 3.52. The summed E-state index contributed by atoms with van der Waals surface area (Å²) >= 11 is 2.50. The summed E-state index contributed by atoms with van der Waals surface area (Å²) in [6.07, 6.45) is -1.49. The van der Waals surface area contributed by atoms with Gasteiger partial charge < -0.3 is 29.2 Å². The number of hydrogen-bond acceptors (Lipinski definition) is 8. The van der Waals surface area contributed by atoms with Gasteiger partial charge >= 0.3 is 78.6 Å². The van der Waals surface area contributed by atoms with E-state index in [-0.39, 0.29) is 41.2 Å². The van der Waals surface area contributed by atoms with Crippen LogP contribution in [-0.2, 0) is 8.92 Å². The zero-order valence-corrected chi connectivity index (χ0v) is 23.5. The van der Waals surface area contributed by atoms with Crippen molar-refractivity contribution >= 4 is 72.4 Å². The fourth-order valence-corrected chi connectivity index (χ4v) is 2.37. The summed E-state index contributed by atoms with van der Waals surface area (Å²) in [6, 6.07) is 20.8. The molecule has 5 rings (SSSR count). The molecule has 0 amide bonds. The Bertz CT molecular complexity index is 886. The summed E-state index contributed by atoms with van der Waals surface area (Å²) in [5, 5.41) is 17.3. The quantitative estimate of drug-likeness (QED) is 0.309. The van der Waals surface area contributed by atoms with Crippen LogP contribution >= 0.6 is 0 Å². The maximum atomic E-state index is 8.67. The van der Waals surface area contributed by atoms with Crippen molar-refractivity contribution in [2.24, 2.45) is 0 Å². The van der Waals surface area contributed by atoms with Crippen LogP contribution in [-0.4, -0.2) is 88.8 Å². The second kappa shape index (κ2) is 19.7. The molecule has 3 aromatic carbocycles. The topological polar surface area (TPSA) is 112 Å². The Morgan fingerprint density at radius 2 is 0.765 bits per heavy atom. The minimum Gasteiger partial charge on any atom is -0.382 e. The molecule has 0 bridgehead atoms. The number of ether oxygens (including phenoxy) is 4. The molecule has 176 valence electrons. The third-order valence-electron chi connectivity index (χ3n) is 3.52. The van der Waals surface area contributed by atoms with Gasteiger partial charge in [-0.2, -0.15) is 0 Å². The summed E-state index contributed by atoms with van der Waals surface area (Å²) < 4.78 is 39.1. The average Bonchev–Trinajstić information content (AvgIpc) is 3.30. The molecule has 0 saturated carbocycles. The second-order valence-electron chi connectivity index (χ2n) is 5.37. The van der Waals surface area contributed by atoms with E-state index in [1.807, 2.05) is 24.3 Å². The second-order valence-corrected chi connectivity index (χ2v) is 5.54. The van der Waals surface area contributed by atoms with E-state index in [4.69, 9.17) is 38.1 Å². The van der Waals surface area contributed by atoms with Crippen molar-refractivity contribution in [3.63, 3.8) is 0 Å². The van der Waals surface area contributed by atoms with Gasteiger partial charge in [-0.1, -0.05) is 66.1 Å². The van der Waals surface area contributed by atoms with Crippen LogP contribution in [0, 0.1) is 0 Å². The molecular formula is C23H30K2O8Si. The molecule has 0 atom stereocenters. The SMILES string of the molecule is C.C.C.C.O=[Si]=O.Oc1ccccc1O.[K][K].c1ccc2c(c1)OC1(O2)Oc2ccccc2O1. The van der Waals surface area contributed by atoms with Gasteiger partial charge in [0, 0.05) is 0 Å². The predicted molar refractivity (Wildman–Crippen MR) is 133 cm³/mol. The molecule has 3 aromatic rings. The summed E-state index contributed by atoms with van der Waals surface area (Å²) in [5.41, 5.74) is 0. The van der Waals surface area contributed by atoms with Crippen molar-refractivity contribution in [2.45, 2.75) is 35.9 Å². The molecule has 2 aliphatic heterocycles. The summed E-state index contributed by atoms with van der Waals surface area (Å²) in [5.74, 6) is 2.29. The predicted octanol–water partition coefficient (Wildman–Crippen LogP) is 4.80. The van der Waals surface area contributed by atoms with E-state index >= 15 is 0 Å². The molecule has 2 heterocycles. The molecule has 0 unspecified atom stereocenters. The Balaban J connectivity index is -0.000000490. The first kappa shape index (κ1) is 38.1. The Kier molecular flexibility index (Phi) is 22.1. The van der Waals surface area contributed by atoms with Crippen molar-refractivity contribution in [3.05, 3.63) is 72.8 Å². The van der Waals surface area contributed by atoms with Crippen molar-refractivity contribution in [2.75, 3.05) is 0 Å². The van der Waals surface area contributed by atoms with E-state index < -0.39 is 15.5 Å². The van der Waals surface area contributed by atoms with Crippen LogP contribution in [0.25, 0.3) is 0 Å². The van der Waals surface area contributed by atoms with Crippen molar-refractivity contribution in [3.8, 4) is 34.5 Å². The van der Waals surface area contributed by atoms with Crippen LogP contribution in [0.3, 0.4) is 0 Å². The summed E-state index contributed by atoms with van der Waals surface area (Å²) in [7, 11) is -1.42. The van der Waals surface area contributed by atoms with Crippen LogP contribution in [0.15, 0.2) is 72.8 Å². The largest absolute Gasteiger partial charge is 0.611 e. The molecule has 2 N–H and O–H groups in total. The van der Waals surface area contributed by atoms with Crippen LogP contribution in [0.1, 0.15) is 29.7 Å². The first-order valence-corrected chi connectivity index (χ1v) is 25.8. The maximum absolute atomic E-state index is 8.67. The van der Waals surface area contributed by atoms with Crippen molar-refractivity contribution in [1.29, 1.82) is 0 Å². The first-order chi connectivity index (χ1) is 14.6. The Morgan fingerprint density at radius 1 is 0.559 bits per heavy atom.